The van der Waals surface area contributed by atoms with Gasteiger partial charge < -0.3 is 25.7 Å². The summed E-state index contributed by atoms with van der Waals surface area (Å²) in [6.45, 7) is 1.13. The van der Waals surface area contributed by atoms with Gasteiger partial charge in [-0.15, -0.1) is 0 Å². The Hall–Kier alpha value is -1.70. The van der Waals surface area contributed by atoms with E-state index in [-0.39, 0.29) is 19.8 Å². The lowest BCUT2D eigenvalue weighted by atomic mass is 10.2. The molecule has 0 amide bonds. The third kappa shape index (κ3) is 3.06. The number of hydrogen-bond donors (Lipinski definition) is 4. The van der Waals surface area contributed by atoms with Gasteiger partial charge in [0.05, 0.1) is 30.0 Å². The first-order valence-corrected chi connectivity index (χ1v) is 8.07. The number of fused-ring (bicyclic) bond motifs is 1. The molecule has 0 saturated carbocycles. The summed E-state index contributed by atoms with van der Waals surface area (Å²) in [6.07, 6.45) is 0.749. The van der Waals surface area contributed by atoms with E-state index in [4.69, 9.17) is 20.7 Å². The SMILES string of the molecule is Nc1cc(OCCO)cc2cc(C3=NCC(CCO)S3)[nH]c12. The molecule has 1 atom stereocenters. The Bertz CT molecular complexity index is 699. The predicted molar refractivity (Wildman–Crippen MR) is 89.8 cm³/mol. The van der Waals surface area contributed by atoms with Crippen molar-refractivity contribution in [3.63, 3.8) is 0 Å². The number of hydrogen-bond acceptors (Lipinski definition) is 6. The third-order valence-corrected chi connectivity index (χ3v) is 4.78. The van der Waals surface area contributed by atoms with E-state index in [0.717, 1.165) is 34.6 Å². The lowest BCUT2D eigenvalue weighted by Crippen LogP contribution is -2.05. The van der Waals surface area contributed by atoms with Crippen LogP contribution in [-0.2, 0) is 0 Å². The number of nitrogens with two attached hydrogens (primary N) is 1. The van der Waals surface area contributed by atoms with Crippen LogP contribution in [-0.4, -0.2) is 51.9 Å². The van der Waals surface area contributed by atoms with Gasteiger partial charge in [0.25, 0.3) is 0 Å². The van der Waals surface area contributed by atoms with Crippen LogP contribution in [0, 0.1) is 0 Å². The van der Waals surface area contributed by atoms with Crippen LogP contribution in [0.2, 0.25) is 0 Å². The molecule has 0 bridgehead atoms. The monoisotopic (exact) mass is 321 g/mol. The maximum Gasteiger partial charge on any atom is 0.122 e. The van der Waals surface area contributed by atoms with Crippen molar-refractivity contribution in [1.29, 1.82) is 0 Å². The molecule has 2 aromatic rings. The number of ether oxygens (including phenoxy) is 1. The lowest BCUT2D eigenvalue weighted by Gasteiger charge is -2.05. The van der Waals surface area contributed by atoms with Crippen molar-refractivity contribution in [1.82, 2.24) is 4.98 Å². The second-order valence-corrected chi connectivity index (χ2v) is 6.42. The third-order valence-electron chi connectivity index (χ3n) is 3.49. The standard InChI is InChI=1S/C15H19N3O3S/c16-12-7-10(21-4-3-20)5-9-6-13(18-14(9)12)15-17-8-11(22-15)1-2-19/h5-7,11,18-20H,1-4,8,16H2. The summed E-state index contributed by atoms with van der Waals surface area (Å²) in [5.41, 5.74) is 8.46. The topological polar surface area (TPSA) is 104 Å². The Kier molecular flexibility index (Phi) is 4.56. The number of aliphatic hydroxyl groups is 2. The van der Waals surface area contributed by atoms with Gasteiger partial charge >= 0.3 is 0 Å². The first kappa shape index (κ1) is 15.2. The molecule has 3 rings (SSSR count). The number of aromatic amines is 1. The van der Waals surface area contributed by atoms with E-state index in [1.54, 1.807) is 17.8 Å². The predicted octanol–water partition coefficient (Wildman–Crippen LogP) is 1.37. The van der Waals surface area contributed by atoms with Crippen LogP contribution >= 0.6 is 11.8 Å². The average molecular weight is 321 g/mol. The van der Waals surface area contributed by atoms with E-state index in [1.165, 1.54) is 0 Å². The molecule has 7 heteroatoms. The van der Waals surface area contributed by atoms with Crippen LogP contribution in [0.15, 0.2) is 23.2 Å². The molecule has 0 radical (unpaired) electrons. The molecule has 118 valence electrons. The molecule has 1 aliphatic heterocycles. The smallest absolute Gasteiger partial charge is 0.122 e. The number of aromatic nitrogens is 1. The van der Waals surface area contributed by atoms with Crippen molar-refractivity contribution in [3.8, 4) is 5.75 Å². The molecule has 1 aromatic carbocycles. The van der Waals surface area contributed by atoms with E-state index in [2.05, 4.69) is 9.98 Å². The molecular formula is C15H19N3O3S. The van der Waals surface area contributed by atoms with E-state index in [9.17, 15) is 0 Å². The Morgan fingerprint density at radius 3 is 2.95 bits per heavy atom. The van der Waals surface area contributed by atoms with Gasteiger partial charge in [-0.2, -0.15) is 0 Å². The highest BCUT2D eigenvalue weighted by molar-refractivity contribution is 8.15. The zero-order valence-corrected chi connectivity index (χ0v) is 12.9. The van der Waals surface area contributed by atoms with Crippen molar-refractivity contribution in [2.24, 2.45) is 4.99 Å². The minimum Gasteiger partial charge on any atom is -0.491 e. The molecule has 22 heavy (non-hydrogen) atoms. The van der Waals surface area contributed by atoms with Crippen molar-refractivity contribution >= 4 is 33.4 Å². The number of nitrogen functional groups attached to an aromatic ring is 1. The number of anilines is 1. The Morgan fingerprint density at radius 1 is 1.32 bits per heavy atom. The molecule has 6 nitrogen and oxygen atoms in total. The minimum atomic E-state index is -0.0317. The van der Waals surface area contributed by atoms with Crippen molar-refractivity contribution in [3.05, 3.63) is 23.9 Å². The van der Waals surface area contributed by atoms with Crippen LogP contribution in [0.1, 0.15) is 12.1 Å². The fourth-order valence-electron chi connectivity index (χ4n) is 2.47. The van der Waals surface area contributed by atoms with Gasteiger partial charge in [-0.05, 0) is 18.6 Å². The maximum absolute atomic E-state index is 9.02. The van der Waals surface area contributed by atoms with Crippen molar-refractivity contribution < 1.29 is 14.9 Å². The number of nitrogens with zero attached hydrogens (tertiary/aromatic N) is 1. The van der Waals surface area contributed by atoms with Gasteiger partial charge in [0.2, 0.25) is 0 Å². The summed E-state index contributed by atoms with van der Waals surface area (Å²) in [7, 11) is 0. The molecule has 0 saturated heterocycles. The van der Waals surface area contributed by atoms with Crippen LogP contribution in [0.25, 0.3) is 10.9 Å². The fourth-order valence-corrected chi connectivity index (χ4v) is 3.54. The minimum absolute atomic E-state index is 0.0317. The molecule has 1 aliphatic rings. The molecular weight excluding hydrogens is 302 g/mol. The van der Waals surface area contributed by atoms with Crippen LogP contribution in [0.4, 0.5) is 5.69 Å². The highest BCUT2D eigenvalue weighted by Crippen LogP contribution is 2.32. The van der Waals surface area contributed by atoms with Crippen molar-refractivity contribution in [2.75, 3.05) is 32.1 Å². The van der Waals surface area contributed by atoms with E-state index >= 15 is 0 Å². The van der Waals surface area contributed by atoms with Gasteiger partial charge in [0.15, 0.2) is 0 Å². The molecule has 5 N–H and O–H groups in total. The lowest BCUT2D eigenvalue weighted by molar-refractivity contribution is 0.201. The van der Waals surface area contributed by atoms with Crippen LogP contribution in [0.5, 0.6) is 5.75 Å². The fraction of sp³-hybridized carbons (Fsp3) is 0.400. The first-order chi connectivity index (χ1) is 10.7. The zero-order valence-electron chi connectivity index (χ0n) is 12.1. The molecule has 1 aromatic heterocycles. The Morgan fingerprint density at radius 2 is 2.18 bits per heavy atom. The second kappa shape index (κ2) is 6.60. The first-order valence-electron chi connectivity index (χ1n) is 7.19. The Labute approximate surface area is 132 Å². The number of nitrogens with one attached hydrogen (secondary N) is 1. The summed E-state index contributed by atoms with van der Waals surface area (Å²) in [5.74, 6) is 0.642. The summed E-state index contributed by atoms with van der Waals surface area (Å²) in [5, 5.41) is 20.1. The number of H-pyrrole nitrogens is 1. The zero-order chi connectivity index (χ0) is 15.5. The van der Waals surface area contributed by atoms with Gasteiger partial charge in [0.1, 0.15) is 17.4 Å². The van der Waals surface area contributed by atoms with Gasteiger partial charge in [-0.25, -0.2) is 0 Å². The number of aliphatic hydroxyl groups excluding tert-OH is 2. The maximum atomic E-state index is 9.02. The van der Waals surface area contributed by atoms with Gasteiger partial charge in [-0.3, -0.25) is 4.99 Å². The largest absolute Gasteiger partial charge is 0.491 e. The normalized spacial score (nSPS) is 17.9. The average Bonchev–Trinajstić information content (AvgIpc) is 3.12. The second-order valence-electron chi connectivity index (χ2n) is 5.13. The summed E-state index contributed by atoms with van der Waals surface area (Å²) in [4.78, 5) is 7.84. The molecule has 0 aliphatic carbocycles. The van der Waals surface area contributed by atoms with Crippen molar-refractivity contribution in [2.45, 2.75) is 11.7 Å². The molecule has 0 fully saturated rings. The van der Waals surface area contributed by atoms with Crippen LogP contribution in [0.3, 0.4) is 0 Å². The molecule has 1 unspecified atom stereocenters. The van der Waals surface area contributed by atoms with Crippen LogP contribution < -0.4 is 10.5 Å². The highest BCUT2D eigenvalue weighted by Gasteiger charge is 2.21. The number of rotatable bonds is 6. The quantitative estimate of drug-likeness (QED) is 0.602. The number of thioether (sulfide) groups is 1. The van der Waals surface area contributed by atoms with E-state index in [1.807, 2.05) is 12.1 Å². The summed E-state index contributed by atoms with van der Waals surface area (Å²) >= 11 is 1.68. The Balaban J connectivity index is 1.85. The molecule has 2 heterocycles. The molecule has 0 spiro atoms. The highest BCUT2D eigenvalue weighted by atomic mass is 32.2. The number of aliphatic imine (C=N–C) groups is 1. The number of benzene rings is 1. The summed E-state index contributed by atoms with van der Waals surface area (Å²) in [6, 6.07) is 5.65. The van der Waals surface area contributed by atoms with E-state index in [0.29, 0.717) is 16.7 Å². The summed E-state index contributed by atoms with van der Waals surface area (Å²) < 4.78 is 5.42. The van der Waals surface area contributed by atoms with Gasteiger partial charge in [-0.1, -0.05) is 11.8 Å². The van der Waals surface area contributed by atoms with Gasteiger partial charge in [0, 0.05) is 23.3 Å². The van der Waals surface area contributed by atoms with E-state index < -0.39 is 0 Å².